The van der Waals surface area contributed by atoms with E-state index in [0.717, 1.165) is 75.5 Å². The number of methoxy groups -OCH3 is 1. The summed E-state index contributed by atoms with van der Waals surface area (Å²) >= 11 is 13.4. The molecule has 1 spiro atoms. The van der Waals surface area contributed by atoms with Crippen LogP contribution in [-0.2, 0) is 67.0 Å². The number of carbonyl (C=O) groups is 12. The van der Waals surface area contributed by atoms with Crippen LogP contribution in [0.4, 0.5) is 0 Å². The number of carbonyl (C=O) groups excluding carboxylic acids is 12. The van der Waals surface area contributed by atoms with Crippen LogP contribution < -0.4 is 16.0 Å². The van der Waals surface area contributed by atoms with Gasteiger partial charge >= 0.3 is 0 Å². The van der Waals surface area contributed by atoms with Gasteiger partial charge in [-0.15, -0.1) is 23.2 Å². The maximum atomic E-state index is 15.9. The molecule has 0 radical (unpaired) electrons. The van der Waals surface area contributed by atoms with Crippen molar-refractivity contribution in [2.45, 2.75) is 291 Å². The molecule has 6 saturated carbocycles. The van der Waals surface area contributed by atoms with Gasteiger partial charge in [0.25, 0.3) is 0 Å². The summed E-state index contributed by atoms with van der Waals surface area (Å²) in [5, 5.41) is 8.64. The molecule has 8 fully saturated rings. The van der Waals surface area contributed by atoms with Crippen molar-refractivity contribution >= 4 is 94.1 Å². The van der Waals surface area contributed by atoms with Crippen LogP contribution in [0.25, 0.3) is 0 Å². The standard InChI is InChI=1S/C79H126Cl2N12O14/c1-14-49(3)67-75(103)92(53-33-34-53)44-66(96)87(9)59-26-16-15-21-37-91(74(59)102)62(39-51-29-27-48(2)28-30-51)73(101)86(8)43-64(94)82-58(36-32-50-31-35-56(80)57(81)38-50)71(99)93-42-55(107-54-24-19-20-25-54)40-60(93)70(98)84-79(46-78(4,5)47-79)77(105)90(12)68(52-22-17-18-23-52)76(104)89(11)61(72(100)85(6)7)41-65(95)88(10)63(45-106-13)69(97)83-67/h15-16,48-63,67-68H,14,17-47H2,1-13H3,(H,82,94)(H,83,97)(H,84,98)/b16-15-/t48?,49-,50?,51?,55+,56?,57?,58-,59-,60-,61-,62-,63-,67-,68-/m0/s1. The van der Waals surface area contributed by atoms with Crippen LogP contribution >= 0.6 is 23.2 Å². The minimum atomic E-state index is -1.58. The van der Waals surface area contributed by atoms with Gasteiger partial charge in [0.2, 0.25) is 70.9 Å². The highest BCUT2D eigenvalue weighted by atomic mass is 35.5. The Hall–Kier alpha value is -6.12. The van der Waals surface area contributed by atoms with Gasteiger partial charge < -0.3 is 69.5 Å². The molecule has 9 rings (SSSR count). The van der Waals surface area contributed by atoms with Crippen LogP contribution in [0.2, 0.25) is 0 Å². The van der Waals surface area contributed by atoms with Gasteiger partial charge in [-0.25, -0.2) is 0 Å². The van der Waals surface area contributed by atoms with E-state index in [2.05, 4.69) is 22.9 Å². The normalized spacial score (nSPS) is 33.2. The summed E-state index contributed by atoms with van der Waals surface area (Å²) in [5.41, 5.74) is -2.05. The van der Waals surface area contributed by atoms with E-state index in [0.29, 0.717) is 70.1 Å². The summed E-state index contributed by atoms with van der Waals surface area (Å²) in [6, 6.07) is -10.2. The highest BCUT2D eigenvalue weighted by molar-refractivity contribution is 6.30. The highest BCUT2D eigenvalue weighted by Crippen LogP contribution is 2.50. The van der Waals surface area contributed by atoms with Crippen molar-refractivity contribution in [3.05, 3.63) is 12.2 Å². The molecular weight excluding hydrogens is 1410 g/mol. The number of amides is 12. The predicted molar refractivity (Wildman–Crippen MR) is 406 cm³/mol. The maximum absolute atomic E-state index is 15.9. The van der Waals surface area contributed by atoms with Gasteiger partial charge in [0, 0.05) is 87.4 Å². The molecule has 26 nitrogen and oxygen atoms in total. The fourth-order valence-electron chi connectivity index (χ4n) is 18.6. The average molecular weight is 1540 g/mol. The lowest BCUT2D eigenvalue weighted by molar-refractivity contribution is -0.161. The highest BCUT2D eigenvalue weighted by Gasteiger charge is 2.59. The first-order chi connectivity index (χ1) is 50.7. The molecule has 13 atom stereocenters. The third kappa shape index (κ3) is 20.7. The zero-order valence-corrected chi connectivity index (χ0v) is 67.7. The molecule has 2 saturated heterocycles. The minimum absolute atomic E-state index is 0.000355. The third-order valence-electron chi connectivity index (χ3n) is 25.4. The van der Waals surface area contributed by atoms with E-state index in [1.165, 1.54) is 83.7 Å². The van der Waals surface area contributed by atoms with Crippen molar-refractivity contribution in [3.8, 4) is 0 Å². The summed E-state index contributed by atoms with van der Waals surface area (Å²) in [4.78, 5) is 197. The van der Waals surface area contributed by atoms with Crippen LogP contribution in [0.1, 0.15) is 208 Å². The van der Waals surface area contributed by atoms with Crippen molar-refractivity contribution in [3.63, 3.8) is 0 Å². The Morgan fingerprint density at radius 1 is 0.645 bits per heavy atom. The molecule has 3 heterocycles. The van der Waals surface area contributed by atoms with Crippen LogP contribution in [0.15, 0.2) is 12.2 Å². The Morgan fingerprint density at radius 3 is 1.92 bits per heavy atom. The van der Waals surface area contributed by atoms with Crippen molar-refractivity contribution in [2.75, 3.05) is 89.2 Å². The van der Waals surface area contributed by atoms with Crippen molar-refractivity contribution in [2.24, 2.45) is 35.0 Å². The second-order valence-electron chi connectivity index (χ2n) is 34.4. The third-order valence-corrected chi connectivity index (χ3v) is 26.5. The minimum Gasteiger partial charge on any atom is -0.382 e. The predicted octanol–water partition coefficient (Wildman–Crippen LogP) is 6.25. The van der Waals surface area contributed by atoms with E-state index in [1.807, 2.05) is 32.9 Å². The van der Waals surface area contributed by atoms with E-state index < -0.39 is 168 Å². The largest absolute Gasteiger partial charge is 0.382 e. The zero-order valence-electron chi connectivity index (χ0n) is 66.2. The number of fused-ring (bicyclic) bond motifs is 3. The maximum Gasteiger partial charge on any atom is 0.248 e. The van der Waals surface area contributed by atoms with Gasteiger partial charge in [-0.1, -0.05) is 105 Å². The molecule has 0 aromatic heterocycles. The molecule has 3 aliphatic heterocycles. The Labute approximate surface area is 645 Å². The number of hydrogen-bond acceptors (Lipinski definition) is 14. The van der Waals surface area contributed by atoms with E-state index in [4.69, 9.17) is 32.7 Å². The molecule has 0 aromatic rings. The molecule has 107 heavy (non-hydrogen) atoms. The number of nitrogens with zero attached hydrogens (tertiary/aromatic N) is 9. The average Bonchev–Trinajstić information content (AvgIpc) is 0.822. The van der Waals surface area contributed by atoms with Gasteiger partial charge in [-0.2, -0.15) is 0 Å². The fourth-order valence-corrected chi connectivity index (χ4v) is 19.2. The lowest BCUT2D eigenvalue weighted by atomic mass is 9.58. The van der Waals surface area contributed by atoms with Crippen LogP contribution in [0, 0.1) is 35.0 Å². The summed E-state index contributed by atoms with van der Waals surface area (Å²) in [5.74, 6) is -7.42. The van der Waals surface area contributed by atoms with Crippen molar-refractivity contribution < 1.29 is 67.0 Å². The van der Waals surface area contributed by atoms with E-state index >= 15 is 43.2 Å². The molecule has 6 aliphatic carbocycles. The second kappa shape index (κ2) is 37.3. The number of nitrogens with one attached hydrogen (secondary N) is 3. The number of ether oxygens (including phenoxy) is 2. The first kappa shape index (κ1) is 84.9. The zero-order chi connectivity index (χ0) is 78.1. The summed E-state index contributed by atoms with van der Waals surface area (Å²) in [7, 11) is 11.7. The Balaban J connectivity index is 1.12. The molecule has 3 N–H and O–H groups in total. The topological polar surface area (TPSA) is 289 Å². The first-order valence-electron chi connectivity index (χ1n) is 40.1. The van der Waals surface area contributed by atoms with E-state index in [1.54, 1.807) is 18.9 Å². The van der Waals surface area contributed by atoms with Crippen molar-refractivity contribution in [1.82, 2.24) is 60.0 Å². The first-order valence-corrected chi connectivity index (χ1v) is 41.0. The molecular formula is C79H126Cl2N12O14. The fraction of sp³-hybridized carbons (Fsp3) is 0.823. The number of alkyl halides is 2. The SMILES string of the molecule is CC[C@H](C)[C@@H]1NC(=O)[C@H](COC)N(C)C(=O)C[C@@H](C(=O)N(C)C)N(C)C(=O)[C@H](C2CCCC2)N(C)C(=O)C2(CC(C)(C)C2)NC(=O)[C@@H]2C[C@@H](OC3CCCC3)CN2C(=O)[C@H](CCC2CCC(Cl)C(Cl)C2)NC(=O)CN(C)C(=O)[C@H](CC2CCC(C)CC2)N2CC/C=C\C[C@@H](C2=O)N(C)C(=O)CN(C2CC2)C1=O. The number of hydrogen-bond donors (Lipinski definition) is 3. The molecule has 9 aliphatic rings. The monoisotopic (exact) mass is 1540 g/mol. The molecule has 600 valence electrons. The summed E-state index contributed by atoms with van der Waals surface area (Å²) in [6.07, 6.45) is 17.5. The molecule has 2 bridgehead atoms. The lowest BCUT2D eigenvalue weighted by Crippen LogP contribution is -2.71. The van der Waals surface area contributed by atoms with Gasteiger partial charge in [0.15, 0.2) is 0 Å². The summed E-state index contributed by atoms with van der Waals surface area (Å²) < 4.78 is 12.3. The molecule has 3 unspecified atom stereocenters. The number of halogens is 2. The quantitative estimate of drug-likeness (QED) is 0.128. The van der Waals surface area contributed by atoms with E-state index in [-0.39, 0.29) is 86.5 Å². The molecule has 28 heteroatoms. The number of rotatable bonds is 14. The Morgan fingerprint density at radius 2 is 1.30 bits per heavy atom. The van der Waals surface area contributed by atoms with Gasteiger partial charge in [0.05, 0.1) is 37.2 Å². The van der Waals surface area contributed by atoms with Gasteiger partial charge in [-0.3, -0.25) is 57.5 Å². The van der Waals surface area contributed by atoms with E-state index in [9.17, 15) is 14.4 Å². The van der Waals surface area contributed by atoms with Crippen molar-refractivity contribution in [1.29, 1.82) is 0 Å². The van der Waals surface area contributed by atoms with Gasteiger partial charge in [0.1, 0.15) is 60.4 Å². The van der Waals surface area contributed by atoms with Crippen LogP contribution in [0.5, 0.6) is 0 Å². The summed E-state index contributed by atoms with van der Waals surface area (Å²) in [6.45, 7) is 8.67. The Bertz CT molecular complexity index is 3220. The lowest BCUT2D eigenvalue weighted by Gasteiger charge is -2.54. The second-order valence-corrected chi connectivity index (χ2v) is 35.5. The van der Waals surface area contributed by atoms with Gasteiger partial charge in [-0.05, 0) is 138 Å². The van der Waals surface area contributed by atoms with Crippen LogP contribution in [0.3, 0.4) is 0 Å². The molecule has 0 aromatic carbocycles. The van der Waals surface area contributed by atoms with Crippen LogP contribution in [-0.4, -0.2) is 287 Å². The smallest absolute Gasteiger partial charge is 0.248 e. The Kier molecular flexibility index (Phi) is 29.6. The molecule has 12 amide bonds. The number of likely N-dealkylation sites (N-methyl/N-ethyl adjacent to an activating group) is 6.